The van der Waals surface area contributed by atoms with Crippen molar-refractivity contribution in [1.82, 2.24) is 10.6 Å². The molecule has 18 heavy (non-hydrogen) atoms. The van der Waals surface area contributed by atoms with Crippen molar-refractivity contribution in [1.29, 1.82) is 0 Å². The van der Waals surface area contributed by atoms with Crippen LogP contribution in [-0.4, -0.2) is 25.0 Å². The zero-order chi connectivity index (χ0) is 12.3. The third kappa shape index (κ3) is 3.65. The minimum absolute atomic E-state index is 0. The van der Waals surface area contributed by atoms with Crippen LogP contribution in [0.1, 0.15) is 23.2 Å². The second-order valence-electron chi connectivity index (χ2n) is 4.14. The maximum absolute atomic E-state index is 13.3. The molecule has 3 nitrogen and oxygen atoms in total. The zero-order valence-corrected chi connectivity index (χ0v) is 10.5. The maximum atomic E-state index is 13.3. The molecule has 1 unspecified atom stereocenters. The fourth-order valence-corrected chi connectivity index (χ4v) is 1.91. The van der Waals surface area contributed by atoms with Crippen molar-refractivity contribution in [2.45, 2.75) is 18.9 Å². The van der Waals surface area contributed by atoms with Crippen molar-refractivity contribution < 1.29 is 13.6 Å². The van der Waals surface area contributed by atoms with E-state index in [4.69, 9.17) is 0 Å². The molecule has 1 heterocycles. The number of amides is 1. The number of benzene rings is 1. The molecular weight excluding hydrogens is 262 g/mol. The second kappa shape index (κ2) is 6.66. The zero-order valence-electron chi connectivity index (χ0n) is 9.71. The molecule has 1 aromatic carbocycles. The summed E-state index contributed by atoms with van der Waals surface area (Å²) < 4.78 is 26.3. The van der Waals surface area contributed by atoms with Crippen LogP contribution >= 0.6 is 12.4 Å². The van der Waals surface area contributed by atoms with E-state index in [0.29, 0.717) is 6.54 Å². The summed E-state index contributed by atoms with van der Waals surface area (Å²) in [5.41, 5.74) is -0.240. The van der Waals surface area contributed by atoms with E-state index in [1.54, 1.807) is 0 Å². The minimum Gasteiger partial charge on any atom is -0.348 e. The third-order valence-corrected chi connectivity index (χ3v) is 2.81. The van der Waals surface area contributed by atoms with E-state index in [1.807, 2.05) is 0 Å². The lowest BCUT2D eigenvalue weighted by atomic mass is 10.1. The van der Waals surface area contributed by atoms with Crippen LogP contribution in [0.5, 0.6) is 0 Å². The Balaban J connectivity index is 0.00000162. The summed E-state index contributed by atoms with van der Waals surface area (Å²) in [6, 6.07) is 2.86. The number of rotatable bonds is 2. The fraction of sp³-hybridized carbons (Fsp3) is 0.417. The molecule has 0 aliphatic carbocycles. The van der Waals surface area contributed by atoms with Gasteiger partial charge >= 0.3 is 0 Å². The van der Waals surface area contributed by atoms with E-state index in [-0.39, 0.29) is 24.0 Å². The average Bonchev–Trinajstić information content (AvgIpc) is 2.33. The highest BCUT2D eigenvalue weighted by atomic mass is 35.5. The highest BCUT2D eigenvalue weighted by molar-refractivity contribution is 5.94. The van der Waals surface area contributed by atoms with Gasteiger partial charge in [0.05, 0.1) is 5.56 Å². The Morgan fingerprint density at radius 1 is 1.39 bits per heavy atom. The second-order valence-corrected chi connectivity index (χ2v) is 4.14. The summed E-state index contributed by atoms with van der Waals surface area (Å²) in [6.45, 7) is 1.60. The monoisotopic (exact) mass is 276 g/mol. The first-order valence-electron chi connectivity index (χ1n) is 5.63. The molecule has 0 aromatic heterocycles. The van der Waals surface area contributed by atoms with Crippen molar-refractivity contribution >= 4 is 18.3 Å². The molecule has 0 saturated carbocycles. The molecule has 6 heteroatoms. The number of hydrogen-bond donors (Lipinski definition) is 2. The van der Waals surface area contributed by atoms with Gasteiger partial charge in [0.15, 0.2) is 0 Å². The first kappa shape index (κ1) is 14.9. The summed E-state index contributed by atoms with van der Waals surface area (Å²) in [5.74, 6) is -1.87. The first-order chi connectivity index (χ1) is 8.16. The predicted octanol–water partition coefficient (Wildman–Crippen LogP) is 1.87. The van der Waals surface area contributed by atoms with Crippen molar-refractivity contribution in [3.8, 4) is 0 Å². The molecule has 1 fully saturated rings. The SMILES string of the molecule is Cl.O=C(NC1CCCNC1)c1cc(F)ccc1F. The Labute approximate surface area is 110 Å². The predicted molar refractivity (Wildman–Crippen MR) is 67.0 cm³/mol. The Morgan fingerprint density at radius 3 is 2.83 bits per heavy atom. The molecule has 2 rings (SSSR count). The number of carbonyl (C=O) groups is 1. The van der Waals surface area contributed by atoms with Gasteiger partial charge in [0.2, 0.25) is 0 Å². The largest absolute Gasteiger partial charge is 0.348 e. The summed E-state index contributed by atoms with van der Waals surface area (Å²) in [7, 11) is 0. The Bertz CT molecular complexity index is 423. The summed E-state index contributed by atoms with van der Waals surface area (Å²) in [5, 5.41) is 5.83. The van der Waals surface area contributed by atoms with Crippen LogP contribution in [0.2, 0.25) is 0 Å². The molecule has 0 radical (unpaired) electrons. The average molecular weight is 277 g/mol. The smallest absolute Gasteiger partial charge is 0.254 e. The van der Waals surface area contributed by atoms with Crippen LogP contribution < -0.4 is 10.6 Å². The number of piperidine rings is 1. The molecular formula is C12H15ClF2N2O. The lowest BCUT2D eigenvalue weighted by Crippen LogP contribution is -2.45. The fourth-order valence-electron chi connectivity index (χ4n) is 1.91. The normalized spacial score (nSPS) is 18.9. The summed E-state index contributed by atoms with van der Waals surface area (Å²) >= 11 is 0. The third-order valence-electron chi connectivity index (χ3n) is 2.81. The lowest BCUT2D eigenvalue weighted by molar-refractivity contribution is 0.0926. The molecule has 1 aromatic rings. The van der Waals surface area contributed by atoms with Crippen molar-refractivity contribution in [2.24, 2.45) is 0 Å². The van der Waals surface area contributed by atoms with Crippen LogP contribution in [0.25, 0.3) is 0 Å². The Kier molecular flexibility index (Phi) is 5.50. The lowest BCUT2D eigenvalue weighted by Gasteiger charge is -2.23. The Morgan fingerprint density at radius 2 is 2.17 bits per heavy atom. The standard InChI is InChI=1S/C12H14F2N2O.ClH/c13-8-3-4-11(14)10(6-8)12(17)16-9-2-1-5-15-7-9;/h3-4,6,9,15H,1-2,5,7H2,(H,16,17);1H. The van der Waals surface area contributed by atoms with E-state index in [9.17, 15) is 13.6 Å². The van der Waals surface area contributed by atoms with Gasteiger partial charge in [-0.05, 0) is 37.6 Å². The van der Waals surface area contributed by atoms with E-state index in [2.05, 4.69) is 10.6 Å². The molecule has 1 atom stereocenters. The van der Waals surface area contributed by atoms with E-state index in [0.717, 1.165) is 37.6 Å². The molecule has 1 aliphatic rings. The van der Waals surface area contributed by atoms with Crippen LogP contribution in [0.4, 0.5) is 8.78 Å². The summed E-state index contributed by atoms with van der Waals surface area (Å²) in [4.78, 5) is 11.7. The molecule has 100 valence electrons. The van der Waals surface area contributed by atoms with Crippen molar-refractivity contribution in [3.05, 3.63) is 35.4 Å². The quantitative estimate of drug-likeness (QED) is 0.866. The van der Waals surface area contributed by atoms with Gasteiger partial charge in [0.25, 0.3) is 5.91 Å². The number of halogens is 3. The molecule has 2 N–H and O–H groups in total. The van der Waals surface area contributed by atoms with Gasteiger partial charge in [-0.3, -0.25) is 4.79 Å². The molecule has 1 amide bonds. The Hall–Kier alpha value is -1.20. The number of carbonyl (C=O) groups excluding carboxylic acids is 1. The van der Waals surface area contributed by atoms with Gasteiger partial charge in [-0.25, -0.2) is 8.78 Å². The molecule has 0 spiro atoms. The number of hydrogen-bond acceptors (Lipinski definition) is 2. The molecule has 0 bridgehead atoms. The van der Waals surface area contributed by atoms with Gasteiger partial charge in [-0.1, -0.05) is 0 Å². The van der Waals surface area contributed by atoms with Crippen LogP contribution in [-0.2, 0) is 0 Å². The van der Waals surface area contributed by atoms with Crippen LogP contribution in [0.3, 0.4) is 0 Å². The van der Waals surface area contributed by atoms with Crippen molar-refractivity contribution in [3.63, 3.8) is 0 Å². The van der Waals surface area contributed by atoms with E-state index >= 15 is 0 Å². The molecule has 1 aliphatic heterocycles. The molecule has 1 saturated heterocycles. The highest BCUT2D eigenvalue weighted by Crippen LogP contribution is 2.10. The van der Waals surface area contributed by atoms with Gasteiger partial charge in [-0.2, -0.15) is 0 Å². The van der Waals surface area contributed by atoms with E-state index in [1.165, 1.54) is 0 Å². The maximum Gasteiger partial charge on any atom is 0.254 e. The minimum atomic E-state index is -0.701. The van der Waals surface area contributed by atoms with E-state index < -0.39 is 17.5 Å². The van der Waals surface area contributed by atoms with Gasteiger partial charge in [0, 0.05) is 12.6 Å². The van der Waals surface area contributed by atoms with Crippen molar-refractivity contribution in [2.75, 3.05) is 13.1 Å². The van der Waals surface area contributed by atoms with Gasteiger partial charge < -0.3 is 10.6 Å². The van der Waals surface area contributed by atoms with Gasteiger partial charge in [0.1, 0.15) is 11.6 Å². The van der Waals surface area contributed by atoms with Crippen LogP contribution in [0.15, 0.2) is 18.2 Å². The van der Waals surface area contributed by atoms with Gasteiger partial charge in [-0.15, -0.1) is 12.4 Å². The topological polar surface area (TPSA) is 41.1 Å². The first-order valence-corrected chi connectivity index (χ1v) is 5.63. The summed E-state index contributed by atoms with van der Waals surface area (Å²) in [6.07, 6.45) is 1.83. The number of nitrogens with one attached hydrogen (secondary N) is 2. The van der Waals surface area contributed by atoms with Crippen LogP contribution in [0, 0.1) is 11.6 Å². The highest BCUT2D eigenvalue weighted by Gasteiger charge is 2.18.